The van der Waals surface area contributed by atoms with E-state index in [0.717, 1.165) is 18.8 Å². The summed E-state index contributed by atoms with van der Waals surface area (Å²) in [4.78, 5) is 14.4. The van der Waals surface area contributed by atoms with E-state index in [1.165, 1.54) is 0 Å². The van der Waals surface area contributed by atoms with Crippen molar-refractivity contribution in [2.45, 2.75) is 13.8 Å². The van der Waals surface area contributed by atoms with Gasteiger partial charge in [-0.15, -0.1) is 0 Å². The van der Waals surface area contributed by atoms with Crippen molar-refractivity contribution in [1.82, 2.24) is 0 Å². The van der Waals surface area contributed by atoms with Gasteiger partial charge in [0, 0.05) is 23.7 Å². The molecular weight excluding hydrogens is 333 g/mol. The number of hydrogen-bond acceptors (Lipinski definition) is 3. The number of hydrogen-bond donors (Lipinski definition) is 2. The molecule has 0 unspecified atom stereocenters. The number of nitrogens with one attached hydrogen (secondary N) is 1. The largest absolute Gasteiger partial charge is 0.397 e. The van der Waals surface area contributed by atoms with Crippen LogP contribution in [0.5, 0.6) is 0 Å². The molecule has 0 fully saturated rings. The van der Waals surface area contributed by atoms with Gasteiger partial charge in [0.05, 0.1) is 22.1 Å². The fourth-order valence-electron chi connectivity index (χ4n) is 2.31. The normalized spacial score (nSPS) is 10.4. The molecule has 2 rings (SSSR count). The van der Waals surface area contributed by atoms with E-state index in [0.29, 0.717) is 27.0 Å². The Balaban J connectivity index is 2.30. The lowest BCUT2D eigenvalue weighted by Crippen LogP contribution is -2.23. The smallest absolute Gasteiger partial charge is 0.255 e. The van der Waals surface area contributed by atoms with Crippen LogP contribution in [0.25, 0.3) is 0 Å². The van der Waals surface area contributed by atoms with Crippen LogP contribution in [-0.2, 0) is 0 Å². The van der Waals surface area contributed by atoms with Crippen LogP contribution in [0.1, 0.15) is 24.2 Å². The zero-order chi connectivity index (χ0) is 17.0. The molecule has 0 aliphatic heterocycles. The summed E-state index contributed by atoms with van der Waals surface area (Å²) in [5.74, 6) is -0.251. The van der Waals surface area contributed by atoms with E-state index in [4.69, 9.17) is 28.9 Å². The molecule has 0 radical (unpaired) electrons. The topological polar surface area (TPSA) is 58.4 Å². The van der Waals surface area contributed by atoms with Crippen molar-refractivity contribution in [2.75, 3.05) is 29.0 Å². The van der Waals surface area contributed by atoms with Gasteiger partial charge in [0.15, 0.2) is 0 Å². The van der Waals surface area contributed by atoms with Crippen LogP contribution in [0.15, 0.2) is 36.4 Å². The number of nitrogens with two attached hydrogens (primary N) is 1. The van der Waals surface area contributed by atoms with Gasteiger partial charge in [-0.3, -0.25) is 4.79 Å². The molecule has 1 amide bonds. The molecule has 0 aliphatic carbocycles. The lowest BCUT2D eigenvalue weighted by molar-refractivity contribution is 0.102. The molecule has 3 N–H and O–H groups in total. The van der Waals surface area contributed by atoms with Crippen LogP contribution < -0.4 is 16.0 Å². The molecular formula is C17H19Cl2N3O. The van der Waals surface area contributed by atoms with Gasteiger partial charge in [-0.2, -0.15) is 0 Å². The summed E-state index contributed by atoms with van der Waals surface area (Å²) in [5, 5.41) is 3.80. The summed E-state index contributed by atoms with van der Waals surface area (Å²) in [7, 11) is 0. The summed E-state index contributed by atoms with van der Waals surface area (Å²) >= 11 is 12.0. The van der Waals surface area contributed by atoms with E-state index in [1.807, 2.05) is 13.8 Å². The van der Waals surface area contributed by atoms with Gasteiger partial charge >= 0.3 is 0 Å². The van der Waals surface area contributed by atoms with Crippen LogP contribution in [0, 0.1) is 0 Å². The maximum absolute atomic E-state index is 12.3. The number of anilines is 3. The molecule has 122 valence electrons. The van der Waals surface area contributed by atoms with Gasteiger partial charge in [-0.05, 0) is 50.2 Å². The fraction of sp³-hybridized carbons (Fsp3) is 0.235. The molecule has 23 heavy (non-hydrogen) atoms. The molecule has 4 nitrogen and oxygen atoms in total. The van der Waals surface area contributed by atoms with Crippen LogP contribution in [0.2, 0.25) is 10.0 Å². The van der Waals surface area contributed by atoms with E-state index in [9.17, 15) is 4.79 Å². The molecule has 0 bridgehead atoms. The average Bonchev–Trinajstić information content (AvgIpc) is 2.53. The molecule has 0 saturated carbocycles. The summed E-state index contributed by atoms with van der Waals surface area (Å²) in [6.07, 6.45) is 0. The summed E-state index contributed by atoms with van der Waals surface area (Å²) in [6, 6.07) is 10.1. The Morgan fingerprint density at radius 2 is 1.74 bits per heavy atom. The van der Waals surface area contributed by atoms with Gasteiger partial charge in [0.25, 0.3) is 5.91 Å². The van der Waals surface area contributed by atoms with Gasteiger partial charge in [-0.25, -0.2) is 0 Å². The van der Waals surface area contributed by atoms with Crippen LogP contribution in [0.4, 0.5) is 17.1 Å². The van der Waals surface area contributed by atoms with Crippen molar-refractivity contribution < 1.29 is 4.79 Å². The number of carbonyl (C=O) groups is 1. The Hall–Kier alpha value is -1.91. The third-order valence-corrected chi connectivity index (χ3v) is 4.14. The van der Waals surface area contributed by atoms with Crippen molar-refractivity contribution in [3.63, 3.8) is 0 Å². The predicted octanol–water partition coefficient (Wildman–Crippen LogP) is 4.67. The molecule has 2 aromatic carbocycles. The highest BCUT2D eigenvalue weighted by Gasteiger charge is 2.14. The van der Waals surface area contributed by atoms with Gasteiger partial charge < -0.3 is 16.0 Å². The number of nitrogens with zero attached hydrogens (tertiary/aromatic N) is 1. The highest BCUT2D eigenvalue weighted by atomic mass is 35.5. The number of carbonyl (C=O) groups excluding carboxylic acids is 1. The van der Waals surface area contributed by atoms with Crippen molar-refractivity contribution in [1.29, 1.82) is 0 Å². The van der Waals surface area contributed by atoms with Crippen molar-refractivity contribution >= 4 is 46.2 Å². The van der Waals surface area contributed by atoms with Crippen molar-refractivity contribution in [2.24, 2.45) is 0 Å². The lowest BCUT2D eigenvalue weighted by Gasteiger charge is -2.24. The molecule has 0 heterocycles. The fourth-order valence-corrected chi connectivity index (χ4v) is 2.65. The maximum atomic E-state index is 12.3. The summed E-state index contributed by atoms with van der Waals surface area (Å²) in [5.41, 5.74) is 8.52. The van der Waals surface area contributed by atoms with Crippen molar-refractivity contribution in [3.05, 3.63) is 52.0 Å². The average molecular weight is 352 g/mol. The van der Waals surface area contributed by atoms with Crippen LogP contribution >= 0.6 is 23.2 Å². The SMILES string of the molecule is CCN(CC)c1cc(NC(=O)c2ccc(Cl)cc2)c(Cl)cc1N. The third-order valence-electron chi connectivity index (χ3n) is 3.58. The predicted molar refractivity (Wildman–Crippen MR) is 98.8 cm³/mol. The number of nitrogen functional groups attached to an aromatic ring is 1. The van der Waals surface area contributed by atoms with Crippen molar-refractivity contribution in [3.8, 4) is 0 Å². The molecule has 0 aromatic heterocycles. The molecule has 0 spiro atoms. The van der Waals surface area contributed by atoms with Gasteiger partial charge in [0.1, 0.15) is 0 Å². The molecule has 0 aliphatic rings. The first-order valence-electron chi connectivity index (χ1n) is 7.37. The third kappa shape index (κ3) is 4.09. The zero-order valence-electron chi connectivity index (χ0n) is 13.1. The quantitative estimate of drug-likeness (QED) is 0.769. The number of rotatable bonds is 5. The minimum absolute atomic E-state index is 0.251. The Bertz CT molecular complexity index is 698. The van der Waals surface area contributed by atoms with E-state index in [-0.39, 0.29) is 5.91 Å². The Labute approximate surface area is 146 Å². The second kappa shape index (κ2) is 7.57. The zero-order valence-corrected chi connectivity index (χ0v) is 14.6. The van der Waals surface area contributed by atoms with E-state index in [1.54, 1.807) is 36.4 Å². The molecule has 0 atom stereocenters. The first-order valence-corrected chi connectivity index (χ1v) is 8.12. The molecule has 2 aromatic rings. The van der Waals surface area contributed by atoms with E-state index < -0.39 is 0 Å². The van der Waals surface area contributed by atoms with Crippen LogP contribution in [0.3, 0.4) is 0 Å². The molecule has 0 saturated heterocycles. The first kappa shape index (κ1) is 17.4. The van der Waals surface area contributed by atoms with Gasteiger partial charge in [0.2, 0.25) is 0 Å². The minimum atomic E-state index is -0.251. The Morgan fingerprint density at radius 1 is 1.13 bits per heavy atom. The number of halogens is 2. The monoisotopic (exact) mass is 351 g/mol. The minimum Gasteiger partial charge on any atom is -0.397 e. The second-order valence-corrected chi connectivity index (χ2v) is 5.87. The molecule has 6 heteroatoms. The number of amides is 1. The summed E-state index contributed by atoms with van der Waals surface area (Å²) in [6.45, 7) is 5.72. The maximum Gasteiger partial charge on any atom is 0.255 e. The highest BCUT2D eigenvalue weighted by molar-refractivity contribution is 6.34. The Kier molecular flexibility index (Phi) is 5.74. The Morgan fingerprint density at radius 3 is 2.30 bits per heavy atom. The highest BCUT2D eigenvalue weighted by Crippen LogP contribution is 2.33. The second-order valence-electron chi connectivity index (χ2n) is 5.02. The lowest BCUT2D eigenvalue weighted by atomic mass is 10.2. The standard InChI is InChI=1S/C17H19Cl2N3O/c1-3-22(4-2)16-10-15(13(19)9-14(16)20)21-17(23)11-5-7-12(18)8-6-11/h5-10H,3-4,20H2,1-2H3,(H,21,23). The number of benzene rings is 2. The van der Waals surface area contributed by atoms with Gasteiger partial charge in [-0.1, -0.05) is 23.2 Å². The van der Waals surface area contributed by atoms with E-state index in [2.05, 4.69) is 10.2 Å². The van der Waals surface area contributed by atoms with E-state index >= 15 is 0 Å². The van der Waals surface area contributed by atoms with Crippen LogP contribution in [-0.4, -0.2) is 19.0 Å². The summed E-state index contributed by atoms with van der Waals surface area (Å²) < 4.78 is 0. The first-order chi connectivity index (χ1) is 11.0.